The number of rotatable bonds is 11. The van der Waals surface area contributed by atoms with Gasteiger partial charge in [0.1, 0.15) is 29.6 Å². The minimum absolute atomic E-state index is 0.0362. The molecule has 1 aliphatic heterocycles. The largest absolute Gasteiger partial charge is 0.444 e. The molecule has 0 unspecified atom stereocenters. The molecule has 0 radical (unpaired) electrons. The van der Waals surface area contributed by atoms with Gasteiger partial charge in [-0.05, 0) is 25.8 Å². The number of esters is 1. The molecule has 0 bridgehead atoms. The Labute approximate surface area is 226 Å². The Hall–Kier alpha value is -3.75. The molecule has 1 fully saturated rings. The maximum atomic E-state index is 12.4. The highest BCUT2D eigenvalue weighted by atomic mass is 16.6. The summed E-state index contributed by atoms with van der Waals surface area (Å²) in [7, 11) is 1.60. The van der Waals surface area contributed by atoms with Crippen molar-refractivity contribution in [3.63, 3.8) is 0 Å². The Morgan fingerprint density at radius 1 is 1.23 bits per heavy atom. The van der Waals surface area contributed by atoms with E-state index in [1.165, 1.54) is 4.68 Å². The number of anilines is 2. The van der Waals surface area contributed by atoms with E-state index in [1.54, 1.807) is 30.1 Å². The van der Waals surface area contributed by atoms with Crippen molar-refractivity contribution in [3.8, 4) is 0 Å². The Morgan fingerprint density at radius 3 is 2.74 bits per heavy atom. The molecular weight excluding hydrogens is 508 g/mol. The molecular formula is C25H36N8O6. The molecule has 0 spiro atoms. The zero-order valence-corrected chi connectivity index (χ0v) is 22.8. The van der Waals surface area contributed by atoms with Crippen LogP contribution >= 0.6 is 0 Å². The van der Waals surface area contributed by atoms with E-state index < -0.39 is 30.3 Å². The molecule has 4 N–H and O–H groups in total. The average Bonchev–Trinajstić information content (AvgIpc) is 3.60. The number of nitrogens with two attached hydrogens (primary N) is 1. The fourth-order valence-corrected chi connectivity index (χ4v) is 4.00. The van der Waals surface area contributed by atoms with Gasteiger partial charge in [-0.1, -0.05) is 13.8 Å². The number of nitrogens with zero attached hydrogens (tertiary/aromatic N) is 5. The molecule has 0 saturated carbocycles. The van der Waals surface area contributed by atoms with Gasteiger partial charge in [0, 0.05) is 38.0 Å². The first kappa shape index (κ1) is 28.3. The first-order chi connectivity index (χ1) is 18.6. The van der Waals surface area contributed by atoms with E-state index in [1.807, 2.05) is 33.8 Å². The van der Waals surface area contributed by atoms with Gasteiger partial charge in [-0.2, -0.15) is 10.2 Å². The van der Waals surface area contributed by atoms with E-state index in [0.717, 1.165) is 11.2 Å². The van der Waals surface area contributed by atoms with Crippen molar-refractivity contribution in [2.24, 2.45) is 11.7 Å². The van der Waals surface area contributed by atoms with Crippen molar-refractivity contribution < 1.29 is 28.5 Å². The normalized spacial score (nSPS) is 18.1. The molecule has 14 nitrogen and oxygen atoms in total. The minimum atomic E-state index is -0.758. The van der Waals surface area contributed by atoms with E-state index in [0.29, 0.717) is 30.4 Å². The van der Waals surface area contributed by atoms with Gasteiger partial charge in [0.2, 0.25) is 0 Å². The summed E-state index contributed by atoms with van der Waals surface area (Å²) in [6.45, 7) is 7.82. The van der Waals surface area contributed by atoms with Crippen LogP contribution in [0.15, 0.2) is 24.5 Å². The van der Waals surface area contributed by atoms with Crippen molar-refractivity contribution >= 4 is 29.2 Å². The molecule has 1 amide bonds. The molecule has 39 heavy (non-hydrogen) atoms. The second-order valence-corrected chi connectivity index (χ2v) is 10.00. The monoisotopic (exact) mass is 544 g/mol. The predicted octanol–water partition coefficient (Wildman–Crippen LogP) is 2.26. The van der Waals surface area contributed by atoms with Crippen LogP contribution in [-0.2, 0) is 37.1 Å². The number of fused-ring (bicyclic) bond motifs is 1. The predicted molar refractivity (Wildman–Crippen MR) is 140 cm³/mol. The first-order valence-electron chi connectivity index (χ1n) is 12.8. The van der Waals surface area contributed by atoms with E-state index in [2.05, 4.69) is 25.8 Å². The van der Waals surface area contributed by atoms with Crippen LogP contribution in [-0.4, -0.2) is 68.3 Å². The fourth-order valence-electron chi connectivity index (χ4n) is 4.00. The van der Waals surface area contributed by atoms with Gasteiger partial charge in [0.15, 0.2) is 12.5 Å². The van der Waals surface area contributed by atoms with Crippen molar-refractivity contribution in [3.05, 3.63) is 35.9 Å². The van der Waals surface area contributed by atoms with Crippen LogP contribution in [0.5, 0.6) is 0 Å². The maximum absolute atomic E-state index is 12.4. The van der Waals surface area contributed by atoms with Crippen LogP contribution in [0.1, 0.15) is 51.6 Å². The zero-order chi connectivity index (χ0) is 28.1. The third-order valence-electron chi connectivity index (χ3n) is 6.07. The van der Waals surface area contributed by atoms with Crippen LogP contribution in [0.3, 0.4) is 0 Å². The van der Waals surface area contributed by atoms with Gasteiger partial charge in [0.25, 0.3) is 0 Å². The number of hydrogen-bond acceptors (Lipinski definition) is 11. The lowest BCUT2D eigenvalue weighted by Crippen LogP contribution is -2.37. The Kier molecular flexibility index (Phi) is 8.99. The SMILES string of the molecule is COCc1cc2c(Nc3cc([C@H]4C[C@@H](OC(=O)NC(C)C)CO4)nn3COC(=O)[C@@H](N)C(C)C)nccn2n1. The summed E-state index contributed by atoms with van der Waals surface area (Å²) in [6, 6.07) is 2.86. The molecule has 0 aliphatic carbocycles. The fraction of sp³-hybridized carbons (Fsp3) is 0.560. The van der Waals surface area contributed by atoms with Gasteiger partial charge in [-0.25, -0.2) is 19.0 Å². The quantitative estimate of drug-likeness (QED) is 0.303. The lowest BCUT2D eigenvalue weighted by Gasteiger charge is -2.15. The average molecular weight is 545 g/mol. The van der Waals surface area contributed by atoms with Gasteiger partial charge < -0.3 is 35.3 Å². The van der Waals surface area contributed by atoms with Crippen LogP contribution in [0.2, 0.25) is 0 Å². The van der Waals surface area contributed by atoms with Gasteiger partial charge >= 0.3 is 12.1 Å². The standard InChI is InChI=1S/C25H36N8O6/c1-14(2)22(26)24(34)38-13-33-21(29-23-19-8-16(11-36-5)30-32(19)7-6-27-23)10-18(31-33)20-9-17(12-37-20)39-25(35)28-15(3)4/h6-8,10,14-15,17,20,22H,9,11-13,26H2,1-5H3,(H,27,29)(H,28,35)/t17-,20-,22+/m1/s1. The number of amides is 1. The molecule has 1 aliphatic rings. The Morgan fingerprint density at radius 2 is 2.03 bits per heavy atom. The molecule has 3 aromatic rings. The highest BCUT2D eigenvalue weighted by Crippen LogP contribution is 2.32. The van der Waals surface area contributed by atoms with E-state index in [-0.39, 0.29) is 25.3 Å². The third kappa shape index (κ3) is 7.02. The Balaban J connectivity index is 1.56. The molecule has 0 aromatic carbocycles. The number of carbonyl (C=O) groups is 2. The number of aromatic nitrogens is 5. The second kappa shape index (κ2) is 12.4. The highest BCUT2D eigenvalue weighted by molar-refractivity contribution is 5.75. The number of ether oxygens (including phenoxy) is 4. The van der Waals surface area contributed by atoms with Crippen LogP contribution < -0.4 is 16.4 Å². The van der Waals surface area contributed by atoms with E-state index in [9.17, 15) is 9.59 Å². The molecule has 14 heteroatoms. The van der Waals surface area contributed by atoms with E-state index in [4.69, 9.17) is 24.7 Å². The van der Waals surface area contributed by atoms with Crippen molar-refractivity contribution in [1.29, 1.82) is 0 Å². The molecule has 4 rings (SSSR count). The summed E-state index contributed by atoms with van der Waals surface area (Å²) in [5, 5.41) is 15.1. The summed E-state index contributed by atoms with van der Waals surface area (Å²) >= 11 is 0. The van der Waals surface area contributed by atoms with Crippen LogP contribution in [0, 0.1) is 5.92 Å². The van der Waals surface area contributed by atoms with Crippen LogP contribution in [0.25, 0.3) is 5.52 Å². The molecule has 3 atom stereocenters. The number of alkyl carbamates (subject to hydrolysis) is 1. The third-order valence-corrected chi connectivity index (χ3v) is 6.07. The number of methoxy groups -OCH3 is 1. The van der Waals surface area contributed by atoms with Gasteiger partial charge in [-0.3, -0.25) is 4.79 Å². The smallest absolute Gasteiger partial charge is 0.407 e. The molecule has 212 valence electrons. The van der Waals surface area contributed by atoms with Crippen molar-refractivity contribution in [1.82, 2.24) is 29.7 Å². The Bertz CT molecular complexity index is 1290. The topological polar surface area (TPSA) is 169 Å². The van der Waals surface area contributed by atoms with Crippen molar-refractivity contribution in [2.45, 2.75) is 71.7 Å². The second-order valence-electron chi connectivity index (χ2n) is 10.00. The summed E-state index contributed by atoms with van der Waals surface area (Å²) < 4.78 is 25.2. The zero-order valence-electron chi connectivity index (χ0n) is 22.8. The number of hydrogen-bond donors (Lipinski definition) is 3. The molecule has 3 aromatic heterocycles. The highest BCUT2D eigenvalue weighted by Gasteiger charge is 2.32. The lowest BCUT2D eigenvalue weighted by molar-refractivity contribution is -0.150. The molecule has 1 saturated heterocycles. The first-order valence-corrected chi connectivity index (χ1v) is 12.8. The minimum Gasteiger partial charge on any atom is -0.444 e. The lowest BCUT2D eigenvalue weighted by atomic mass is 10.1. The van der Waals surface area contributed by atoms with E-state index >= 15 is 0 Å². The maximum Gasteiger partial charge on any atom is 0.407 e. The number of nitrogens with one attached hydrogen (secondary N) is 2. The van der Waals surface area contributed by atoms with Crippen LogP contribution in [0.4, 0.5) is 16.4 Å². The van der Waals surface area contributed by atoms with Crippen molar-refractivity contribution in [2.75, 3.05) is 19.0 Å². The summed E-state index contributed by atoms with van der Waals surface area (Å²) in [5.41, 5.74) is 7.99. The summed E-state index contributed by atoms with van der Waals surface area (Å²) in [5.74, 6) is 0.417. The molecule has 4 heterocycles. The summed E-state index contributed by atoms with van der Waals surface area (Å²) in [4.78, 5) is 28.9. The number of carbonyl (C=O) groups excluding carboxylic acids is 2. The summed E-state index contributed by atoms with van der Waals surface area (Å²) in [6.07, 6.45) is 2.44. The van der Waals surface area contributed by atoms with Gasteiger partial charge in [-0.15, -0.1) is 0 Å². The van der Waals surface area contributed by atoms with Gasteiger partial charge in [0.05, 0.1) is 24.6 Å².